The van der Waals surface area contributed by atoms with E-state index in [0.717, 1.165) is 18.3 Å². The quantitative estimate of drug-likeness (QED) is 0.515. The largest absolute Gasteiger partial charge is 0.117 e. The first-order valence-electron chi connectivity index (χ1n) is 10.5. The Balaban J connectivity index is 1.52. The Morgan fingerprint density at radius 2 is 1.69 bits per heavy atom. The third-order valence-corrected chi connectivity index (χ3v) is 6.73. The molecule has 0 saturated heterocycles. The van der Waals surface area contributed by atoms with Gasteiger partial charge in [-0.05, 0) is 57.4 Å². The molecule has 0 heterocycles. The molecule has 2 radical (unpaired) electrons. The van der Waals surface area contributed by atoms with Crippen LogP contribution in [0.3, 0.4) is 0 Å². The Kier molecular flexibility index (Phi) is 3.77. The Morgan fingerprint density at radius 1 is 0.793 bits per heavy atom. The van der Waals surface area contributed by atoms with Crippen molar-refractivity contribution in [2.75, 3.05) is 0 Å². The normalized spacial score (nSPS) is 23.6. The van der Waals surface area contributed by atoms with E-state index in [1.807, 2.05) is 0 Å². The average molecular weight is 368 g/mol. The fourth-order valence-corrected chi connectivity index (χ4v) is 5.30. The number of rotatable bonds is 2. The van der Waals surface area contributed by atoms with Gasteiger partial charge < -0.3 is 0 Å². The summed E-state index contributed by atoms with van der Waals surface area (Å²) in [6.45, 7) is 0. The fourth-order valence-electron chi connectivity index (χ4n) is 5.30. The highest BCUT2D eigenvalue weighted by molar-refractivity contribution is 6.21. The van der Waals surface area contributed by atoms with Crippen LogP contribution in [0.5, 0.6) is 0 Å². The van der Waals surface area contributed by atoms with E-state index in [-0.39, 0.29) is 0 Å². The van der Waals surface area contributed by atoms with Crippen molar-refractivity contribution >= 4 is 20.0 Å². The van der Waals surface area contributed by atoms with Gasteiger partial charge in [-0.25, -0.2) is 0 Å². The first kappa shape index (κ1) is 16.9. The van der Waals surface area contributed by atoms with Crippen molar-refractivity contribution in [2.24, 2.45) is 5.92 Å². The number of hydrogen-bond donors (Lipinski definition) is 0. The van der Waals surface area contributed by atoms with Crippen LogP contribution in [-0.4, -0.2) is 7.85 Å². The van der Waals surface area contributed by atoms with Crippen LogP contribution >= 0.6 is 0 Å². The Hall–Kier alpha value is -3.06. The van der Waals surface area contributed by atoms with Gasteiger partial charge in [0.05, 0.1) is 0 Å². The summed E-state index contributed by atoms with van der Waals surface area (Å²) in [5, 5.41) is 0. The highest BCUT2D eigenvalue weighted by Gasteiger charge is 2.37. The Labute approximate surface area is 173 Å². The van der Waals surface area contributed by atoms with Crippen LogP contribution in [0.4, 0.5) is 0 Å². The maximum Gasteiger partial charge on any atom is 0.107 e. The van der Waals surface area contributed by atoms with Crippen LogP contribution in [0, 0.1) is 5.92 Å². The molecule has 0 nitrogen and oxygen atoms in total. The lowest BCUT2D eigenvalue weighted by Gasteiger charge is -2.39. The van der Waals surface area contributed by atoms with Crippen molar-refractivity contribution in [3.63, 3.8) is 0 Å². The Bertz CT molecular complexity index is 1200. The number of allylic oxidation sites excluding steroid dienone is 10. The topological polar surface area (TPSA) is 0 Å². The lowest BCUT2D eigenvalue weighted by atomic mass is 9.64. The maximum absolute atomic E-state index is 6.01. The predicted molar refractivity (Wildman–Crippen MR) is 123 cm³/mol. The van der Waals surface area contributed by atoms with Crippen molar-refractivity contribution in [1.29, 1.82) is 0 Å². The first-order valence-corrected chi connectivity index (χ1v) is 10.5. The van der Waals surface area contributed by atoms with Gasteiger partial charge in [0, 0.05) is 11.8 Å². The second-order valence-corrected chi connectivity index (χ2v) is 8.31. The van der Waals surface area contributed by atoms with E-state index in [4.69, 9.17) is 7.85 Å². The monoisotopic (exact) mass is 368 g/mol. The van der Waals surface area contributed by atoms with Crippen molar-refractivity contribution in [3.8, 4) is 11.1 Å². The molecule has 0 aromatic heterocycles. The van der Waals surface area contributed by atoms with Crippen LogP contribution in [0.2, 0.25) is 0 Å². The zero-order valence-electron chi connectivity index (χ0n) is 16.3. The van der Waals surface area contributed by atoms with E-state index < -0.39 is 0 Å². The van der Waals surface area contributed by atoms with E-state index in [1.54, 1.807) is 0 Å². The van der Waals surface area contributed by atoms with Gasteiger partial charge in [0.25, 0.3) is 0 Å². The SMILES string of the molecule is [B]C1=CC=C(C2=CC=C3C=Cc4ccc(-c5ccccc5)c5c4C3C2C=C5)CC1. The van der Waals surface area contributed by atoms with Gasteiger partial charge in [-0.1, -0.05) is 91.1 Å². The molecule has 29 heavy (non-hydrogen) atoms. The van der Waals surface area contributed by atoms with E-state index >= 15 is 0 Å². The van der Waals surface area contributed by atoms with Crippen LogP contribution in [-0.2, 0) is 0 Å². The van der Waals surface area contributed by atoms with E-state index in [9.17, 15) is 0 Å². The lowest BCUT2D eigenvalue weighted by Crippen LogP contribution is -2.25. The molecule has 0 spiro atoms. The Morgan fingerprint density at radius 3 is 2.52 bits per heavy atom. The van der Waals surface area contributed by atoms with Crippen molar-refractivity contribution in [3.05, 3.63) is 118 Å². The molecule has 1 heteroatoms. The fraction of sp³-hybridized carbons (Fsp3) is 0.143. The number of benzene rings is 2. The second kappa shape index (κ2) is 6.49. The molecule has 0 N–H and O–H groups in total. The minimum absolute atomic E-state index is 0.399. The second-order valence-electron chi connectivity index (χ2n) is 8.31. The minimum atomic E-state index is 0.399. The molecule has 2 atom stereocenters. The predicted octanol–water partition coefficient (Wildman–Crippen LogP) is 6.75. The zero-order valence-corrected chi connectivity index (χ0v) is 16.3. The summed E-state index contributed by atoms with van der Waals surface area (Å²) < 4.78 is 0. The summed E-state index contributed by atoms with van der Waals surface area (Å²) in [5.41, 5.74) is 12.2. The highest BCUT2D eigenvalue weighted by atomic mass is 14.4. The maximum atomic E-state index is 6.01. The standard InChI is InChI=1S/C28H21B/c29-22-12-8-19(9-13-22)24-15-11-21-7-6-20-10-14-23(18-4-2-1-3-5-18)25-16-17-26(24)28(21)27(20)25/h1-8,10-12,14-17,26,28H,9,13H2. The first-order chi connectivity index (χ1) is 14.3. The summed E-state index contributed by atoms with van der Waals surface area (Å²) >= 11 is 0. The van der Waals surface area contributed by atoms with Crippen molar-refractivity contribution < 1.29 is 0 Å². The van der Waals surface area contributed by atoms with Gasteiger partial charge in [-0.15, -0.1) is 5.47 Å². The van der Waals surface area contributed by atoms with Crippen LogP contribution in [0.25, 0.3) is 23.3 Å². The number of hydrogen-bond acceptors (Lipinski definition) is 0. The van der Waals surface area contributed by atoms with Crippen LogP contribution < -0.4 is 0 Å². The molecule has 0 saturated carbocycles. The summed E-state index contributed by atoms with van der Waals surface area (Å²) in [6, 6.07) is 15.3. The molecular formula is C28H21B. The molecule has 2 aromatic carbocycles. The van der Waals surface area contributed by atoms with Gasteiger partial charge in [-0.2, -0.15) is 0 Å². The summed E-state index contributed by atoms with van der Waals surface area (Å²) in [6.07, 6.45) is 20.4. The van der Waals surface area contributed by atoms with Gasteiger partial charge in [0.1, 0.15) is 7.85 Å². The molecule has 0 aliphatic heterocycles. The van der Waals surface area contributed by atoms with Gasteiger partial charge in [-0.3, -0.25) is 0 Å². The average Bonchev–Trinajstić information content (AvgIpc) is 2.78. The lowest BCUT2D eigenvalue weighted by molar-refractivity contribution is 0.629. The molecular weight excluding hydrogens is 347 g/mol. The van der Waals surface area contributed by atoms with Crippen LogP contribution in [0.1, 0.15) is 35.4 Å². The highest BCUT2D eigenvalue weighted by Crippen LogP contribution is 2.52. The van der Waals surface area contributed by atoms with Crippen LogP contribution in [0.15, 0.2) is 101 Å². The van der Waals surface area contributed by atoms with Gasteiger partial charge in [0.2, 0.25) is 0 Å². The summed E-state index contributed by atoms with van der Waals surface area (Å²) in [4.78, 5) is 0. The van der Waals surface area contributed by atoms with E-state index in [0.29, 0.717) is 11.8 Å². The van der Waals surface area contributed by atoms with E-state index in [1.165, 1.54) is 44.5 Å². The third-order valence-electron chi connectivity index (χ3n) is 6.73. The molecule has 0 bridgehead atoms. The molecule has 136 valence electrons. The van der Waals surface area contributed by atoms with Crippen molar-refractivity contribution in [2.45, 2.75) is 18.8 Å². The summed E-state index contributed by atoms with van der Waals surface area (Å²) in [5.74, 6) is 0.805. The minimum Gasteiger partial charge on any atom is -0.117 e. The molecule has 4 aliphatic carbocycles. The van der Waals surface area contributed by atoms with Gasteiger partial charge >= 0.3 is 0 Å². The molecule has 0 fully saturated rings. The van der Waals surface area contributed by atoms with Gasteiger partial charge in [0.15, 0.2) is 0 Å². The molecule has 2 aromatic rings. The molecule has 2 unspecified atom stereocenters. The molecule has 6 rings (SSSR count). The molecule has 4 aliphatic rings. The summed E-state index contributed by atoms with van der Waals surface area (Å²) in [7, 11) is 6.01. The smallest absolute Gasteiger partial charge is 0.107 e. The van der Waals surface area contributed by atoms with E-state index in [2.05, 4.69) is 91.1 Å². The van der Waals surface area contributed by atoms with Crippen molar-refractivity contribution in [1.82, 2.24) is 0 Å². The molecule has 0 amide bonds. The zero-order chi connectivity index (χ0) is 19.4. The third kappa shape index (κ3) is 2.61.